The van der Waals surface area contributed by atoms with Crippen molar-refractivity contribution in [3.63, 3.8) is 0 Å². The smallest absolute Gasteiger partial charge is 0.330 e. The minimum atomic E-state index is -3.06. The molecule has 12 heteroatoms. The Balaban J connectivity index is 1.06. The summed E-state index contributed by atoms with van der Waals surface area (Å²) in [6.45, 7) is 12.0. The molecule has 2 saturated carbocycles. The normalized spacial score (nSPS) is 22.5. The number of aromatic nitrogens is 2. The zero-order valence-corrected chi connectivity index (χ0v) is 31.8. The number of hydrogen-bond acceptors (Lipinski definition) is 11. The first-order chi connectivity index (χ1) is 24.4. The van der Waals surface area contributed by atoms with Gasteiger partial charge in [0.1, 0.15) is 11.6 Å². The van der Waals surface area contributed by atoms with Gasteiger partial charge in [0.15, 0.2) is 0 Å². The summed E-state index contributed by atoms with van der Waals surface area (Å²) in [6.07, 6.45) is 14.4. The largest absolute Gasteiger partial charge is 0.383 e. The Morgan fingerprint density at radius 2 is 1.60 bits per heavy atom. The van der Waals surface area contributed by atoms with Crippen molar-refractivity contribution < 1.29 is 13.6 Å². The van der Waals surface area contributed by atoms with Crippen molar-refractivity contribution >= 4 is 25.2 Å². The molecule has 50 heavy (non-hydrogen) atoms. The average molecular weight is 713 g/mol. The minimum absolute atomic E-state index is 0.166. The number of nitrogens with zero attached hydrogens (tertiary/aromatic N) is 4. The zero-order chi connectivity index (χ0) is 35.0. The molecule has 3 fully saturated rings. The van der Waals surface area contributed by atoms with Crippen molar-refractivity contribution in [1.82, 2.24) is 25.5 Å². The first-order valence-corrected chi connectivity index (χ1v) is 21.4. The molecular weight excluding hydrogens is 647 g/mol. The molecule has 1 aromatic heterocycles. The summed E-state index contributed by atoms with van der Waals surface area (Å²) in [5.41, 5.74) is 7.60. The number of piperazine rings is 1. The van der Waals surface area contributed by atoms with Crippen LogP contribution in [0.2, 0.25) is 0 Å². The van der Waals surface area contributed by atoms with Crippen LogP contribution in [0.4, 0.5) is 17.6 Å². The number of anilines is 3. The molecule has 2 aromatic rings. The standard InChI is InChI=1S/C38H65N8O3P/c1-3-48-50(47,49-4-2)26-12-23-45-24-25-46(30-35(45)33-13-7-5-8-14-33)37-27-36(39)43-38(44-37)42-29-32-19-17-31(18-20-32)28-40-21-11-22-41-34-15-9-6-10-16-34/h5,7-8,13-14,27,31-32,34-35,40-41H,3-4,6,9-12,15-26,28-30H2,1-2H3,(H3,39,42,43,44)/t31-,32-,35?. The molecule has 0 amide bonds. The topological polar surface area (TPSA) is 130 Å². The van der Waals surface area contributed by atoms with E-state index in [2.05, 4.69) is 61.1 Å². The maximum absolute atomic E-state index is 13.1. The summed E-state index contributed by atoms with van der Waals surface area (Å²) < 4.78 is 24.2. The van der Waals surface area contributed by atoms with E-state index < -0.39 is 7.60 Å². The molecule has 0 spiro atoms. The molecule has 1 aliphatic heterocycles. The lowest BCUT2D eigenvalue weighted by Crippen LogP contribution is -2.49. The highest BCUT2D eigenvalue weighted by Crippen LogP contribution is 2.48. The van der Waals surface area contributed by atoms with Crippen molar-refractivity contribution in [3.05, 3.63) is 42.0 Å². The summed E-state index contributed by atoms with van der Waals surface area (Å²) in [6, 6.07) is 13.4. The maximum atomic E-state index is 13.1. The Bertz CT molecular complexity index is 1280. The summed E-state index contributed by atoms with van der Waals surface area (Å²) in [4.78, 5) is 14.3. The SMILES string of the molecule is CCOP(=O)(CCCN1CCN(c2cc(N)nc(NC[C@H]3CC[C@H](CNCCCNC4CCCCC4)CC3)n2)CC1c1ccccc1)OCC. The van der Waals surface area contributed by atoms with Crippen LogP contribution < -0.4 is 26.6 Å². The molecule has 1 unspecified atom stereocenters. The molecule has 0 bridgehead atoms. The van der Waals surface area contributed by atoms with Gasteiger partial charge in [-0.05, 0) is 109 Å². The van der Waals surface area contributed by atoms with Gasteiger partial charge in [0.25, 0.3) is 0 Å². The van der Waals surface area contributed by atoms with Gasteiger partial charge in [0.2, 0.25) is 5.95 Å². The molecule has 280 valence electrons. The van der Waals surface area contributed by atoms with E-state index in [4.69, 9.17) is 19.8 Å². The van der Waals surface area contributed by atoms with Crippen LogP contribution in [0.5, 0.6) is 0 Å². The van der Waals surface area contributed by atoms with Crippen LogP contribution in [0.25, 0.3) is 0 Å². The van der Waals surface area contributed by atoms with Crippen molar-refractivity contribution in [3.8, 4) is 0 Å². The quantitative estimate of drug-likeness (QED) is 0.0865. The average Bonchev–Trinajstić information content (AvgIpc) is 3.13. The summed E-state index contributed by atoms with van der Waals surface area (Å²) >= 11 is 0. The summed E-state index contributed by atoms with van der Waals surface area (Å²) in [7, 11) is -3.06. The van der Waals surface area contributed by atoms with Crippen molar-refractivity contribution in [2.75, 3.05) is 87.7 Å². The molecule has 5 rings (SSSR count). The minimum Gasteiger partial charge on any atom is -0.383 e. The predicted molar refractivity (Wildman–Crippen MR) is 206 cm³/mol. The van der Waals surface area contributed by atoms with E-state index in [9.17, 15) is 4.57 Å². The lowest BCUT2D eigenvalue weighted by Gasteiger charge is -2.42. The zero-order valence-electron chi connectivity index (χ0n) is 30.9. The van der Waals surface area contributed by atoms with Gasteiger partial charge in [-0.1, -0.05) is 49.6 Å². The number of nitrogens with one attached hydrogen (secondary N) is 3. The van der Waals surface area contributed by atoms with E-state index in [0.29, 0.717) is 37.1 Å². The maximum Gasteiger partial charge on any atom is 0.330 e. The Hall–Kier alpha value is -2.27. The van der Waals surface area contributed by atoms with Gasteiger partial charge in [-0.25, -0.2) is 0 Å². The monoisotopic (exact) mass is 712 g/mol. The van der Waals surface area contributed by atoms with Crippen molar-refractivity contribution in [2.45, 2.75) is 96.6 Å². The van der Waals surface area contributed by atoms with Crippen LogP contribution in [-0.2, 0) is 13.6 Å². The molecule has 1 saturated heterocycles. The van der Waals surface area contributed by atoms with E-state index >= 15 is 0 Å². The second kappa shape index (κ2) is 20.7. The highest BCUT2D eigenvalue weighted by atomic mass is 31.2. The van der Waals surface area contributed by atoms with Crippen molar-refractivity contribution in [1.29, 1.82) is 0 Å². The third kappa shape index (κ3) is 12.4. The second-order valence-corrected chi connectivity index (χ2v) is 16.7. The summed E-state index contributed by atoms with van der Waals surface area (Å²) in [5.74, 6) is 3.38. The van der Waals surface area contributed by atoms with Gasteiger partial charge < -0.3 is 35.6 Å². The van der Waals surface area contributed by atoms with Crippen molar-refractivity contribution in [2.24, 2.45) is 11.8 Å². The van der Waals surface area contributed by atoms with E-state index in [-0.39, 0.29) is 6.04 Å². The molecule has 3 aliphatic rings. The van der Waals surface area contributed by atoms with Gasteiger partial charge in [-0.3, -0.25) is 9.46 Å². The first-order valence-electron chi connectivity index (χ1n) is 19.7. The number of nitrogen functional groups attached to an aromatic ring is 1. The lowest BCUT2D eigenvalue weighted by molar-refractivity contribution is 0.174. The molecule has 11 nitrogen and oxygen atoms in total. The molecular formula is C38H65N8O3P. The van der Waals surface area contributed by atoms with Crippen LogP contribution in [0.3, 0.4) is 0 Å². The van der Waals surface area contributed by atoms with Crippen LogP contribution in [0, 0.1) is 11.8 Å². The first kappa shape index (κ1) is 38.9. The lowest BCUT2D eigenvalue weighted by atomic mass is 9.82. The third-order valence-corrected chi connectivity index (χ3v) is 12.9. The van der Waals surface area contributed by atoms with Crippen LogP contribution in [0.15, 0.2) is 36.4 Å². The Morgan fingerprint density at radius 1 is 0.880 bits per heavy atom. The Morgan fingerprint density at radius 3 is 2.32 bits per heavy atom. The van der Waals surface area contributed by atoms with Crippen LogP contribution in [0.1, 0.15) is 96.1 Å². The van der Waals surface area contributed by atoms with Gasteiger partial charge in [-0.15, -0.1) is 0 Å². The van der Waals surface area contributed by atoms with Gasteiger partial charge in [0, 0.05) is 38.3 Å². The van der Waals surface area contributed by atoms with E-state index in [1.165, 1.54) is 69.8 Å². The fourth-order valence-electron chi connectivity index (χ4n) is 8.02. The molecule has 2 heterocycles. The fraction of sp³-hybridized carbons (Fsp3) is 0.737. The number of rotatable bonds is 20. The van der Waals surface area contributed by atoms with Crippen LogP contribution in [-0.4, -0.2) is 92.6 Å². The Labute approximate surface area is 301 Å². The van der Waals surface area contributed by atoms with Crippen LogP contribution >= 0.6 is 7.60 Å². The summed E-state index contributed by atoms with van der Waals surface area (Å²) in [5, 5.41) is 11.0. The highest BCUT2D eigenvalue weighted by molar-refractivity contribution is 7.53. The van der Waals surface area contributed by atoms with E-state index in [1.807, 2.05) is 19.9 Å². The second-order valence-electron chi connectivity index (χ2n) is 14.5. The predicted octanol–water partition coefficient (Wildman–Crippen LogP) is 6.70. The Kier molecular flexibility index (Phi) is 16.1. The highest BCUT2D eigenvalue weighted by Gasteiger charge is 2.31. The molecule has 0 radical (unpaired) electrons. The number of benzene rings is 1. The molecule has 1 atom stereocenters. The van der Waals surface area contributed by atoms with Gasteiger partial charge in [-0.2, -0.15) is 9.97 Å². The van der Waals surface area contributed by atoms with Gasteiger partial charge >= 0.3 is 7.60 Å². The third-order valence-electron chi connectivity index (χ3n) is 10.8. The van der Waals surface area contributed by atoms with E-state index in [0.717, 1.165) is 76.6 Å². The molecule has 1 aromatic carbocycles. The van der Waals surface area contributed by atoms with E-state index in [1.54, 1.807) is 0 Å². The molecule has 5 N–H and O–H groups in total. The fourth-order valence-corrected chi connectivity index (χ4v) is 9.66. The van der Waals surface area contributed by atoms with Gasteiger partial charge in [0.05, 0.1) is 25.4 Å². The number of nitrogens with two attached hydrogens (primary N) is 1. The molecule has 2 aliphatic carbocycles. The number of hydrogen-bond donors (Lipinski definition) is 4.